The Bertz CT molecular complexity index is 754. The van der Waals surface area contributed by atoms with Gasteiger partial charge in [-0.25, -0.2) is 0 Å². The number of nitrogens with two attached hydrogens (primary N) is 2. The minimum Gasteiger partial charge on any atom is -0.493 e. The van der Waals surface area contributed by atoms with E-state index in [2.05, 4.69) is 0 Å². The number of ether oxygens (including phenoxy) is 2. The Morgan fingerprint density at radius 2 is 1.76 bits per heavy atom. The number of hydrogen-bond acceptors (Lipinski definition) is 5. The quantitative estimate of drug-likeness (QED) is 0.282. The van der Waals surface area contributed by atoms with Crippen molar-refractivity contribution in [2.24, 2.45) is 5.73 Å². The van der Waals surface area contributed by atoms with Crippen LogP contribution in [0.15, 0.2) is 66.8 Å². The highest BCUT2D eigenvalue weighted by Gasteiger charge is 1.99. The van der Waals surface area contributed by atoms with Gasteiger partial charge in [0.2, 0.25) is 0 Å². The number of benzene rings is 2. The summed E-state index contributed by atoms with van der Waals surface area (Å²) in [5.74, 6) is 1.51. The van der Waals surface area contributed by atoms with Crippen molar-refractivity contribution < 1.29 is 9.47 Å². The van der Waals surface area contributed by atoms with Crippen LogP contribution in [0.4, 0.5) is 5.69 Å². The highest BCUT2D eigenvalue weighted by Crippen LogP contribution is 2.17. The van der Waals surface area contributed by atoms with Crippen LogP contribution in [0, 0.1) is 5.41 Å². The zero-order chi connectivity index (χ0) is 17.9. The fourth-order valence-corrected chi connectivity index (χ4v) is 2.13. The smallest absolute Gasteiger partial charge is 0.121 e. The summed E-state index contributed by atoms with van der Waals surface area (Å²) in [7, 11) is 0. The van der Waals surface area contributed by atoms with Crippen molar-refractivity contribution in [2.45, 2.75) is 6.42 Å². The molecule has 0 fully saturated rings. The summed E-state index contributed by atoms with van der Waals surface area (Å²) in [6, 6.07) is 14.9. The third-order valence-corrected chi connectivity index (χ3v) is 3.35. The molecule has 0 aliphatic rings. The number of rotatable bonds is 9. The number of nitrogen functional groups attached to an aromatic ring is 1. The molecule has 0 bridgehead atoms. The maximum Gasteiger partial charge on any atom is 0.121 e. The van der Waals surface area contributed by atoms with E-state index in [0.29, 0.717) is 24.6 Å². The van der Waals surface area contributed by atoms with E-state index in [-0.39, 0.29) is 0 Å². The minimum atomic E-state index is 0.490. The van der Waals surface area contributed by atoms with Gasteiger partial charge in [0.25, 0.3) is 0 Å². The number of anilines is 1. The van der Waals surface area contributed by atoms with Crippen molar-refractivity contribution in [3.63, 3.8) is 0 Å². The molecule has 0 amide bonds. The summed E-state index contributed by atoms with van der Waals surface area (Å²) >= 11 is 0. The van der Waals surface area contributed by atoms with E-state index >= 15 is 0 Å². The molecule has 0 saturated heterocycles. The van der Waals surface area contributed by atoms with Crippen molar-refractivity contribution in [2.75, 3.05) is 18.9 Å². The molecule has 5 N–H and O–H groups in total. The molecule has 0 radical (unpaired) electrons. The summed E-state index contributed by atoms with van der Waals surface area (Å²) in [6.45, 7) is 1.05. The van der Waals surface area contributed by atoms with Crippen molar-refractivity contribution >= 4 is 17.6 Å². The van der Waals surface area contributed by atoms with Crippen LogP contribution in [-0.4, -0.2) is 19.4 Å². The van der Waals surface area contributed by atoms with E-state index in [1.165, 1.54) is 6.21 Å². The monoisotopic (exact) mass is 337 g/mol. The standard InChI is InChI=1S/C20H23N3O2/c21-11-10-20(23)16-6-4-8-18(14-16)24-12-2-1-3-13-25-19-9-5-7-17(22)15-19/h1,3-11,14-15,21H,2,12-13,22-23H2/b3-1+,20-10?,21-11?. The Labute approximate surface area is 148 Å². The van der Waals surface area contributed by atoms with Crippen LogP contribution in [0.3, 0.4) is 0 Å². The van der Waals surface area contributed by atoms with E-state index in [4.69, 9.17) is 26.4 Å². The van der Waals surface area contributed by atoms with Gasteiger partial charge in [-0.2, -0.15) is 0 Å². The van der Waals surface area contributed by atoms with E-state index in [9.17, 15) is 0 Å². The predicted octanol–water partition coefficient (Wildman–Crippen LogP) is 3.62. The normalized spacial score (nSPS) is 11.4. The molecule has 2 aromatic carbocycles. The van der Waals surface area contributed by atoms with Gasteiger partial charge in [0.15, 0.2) is 0 Å². The zero-order valence-corrected chi connectivity index (χ0v) is 14.0. The molecule has 0 heterocycles. The SMILES string of the molecule is N=CC=C(N)c1cccc(OCC/C=C/COc2cccc(N)c2)c1. The Hall–Kier alpha value is -3.21. The van der Waals surface area contributed by atoms with Gasteiger partial charge in [0.05, 0.1) is 6.61 Å². The topological polar surface area (TPSA) is 94.4 Å². The van der Waals surface area contributed by atoms with Crippen LogP contribution in [0.1, 0.15) is 12.0 Å². The molecule has 5 nitrogen and oxygen atoms in total. The lowest BCUT2D eigenvalue weighted by molar-refractivity contribution is 0.323. The van der Waals surface area contributed by atoms with Crippen molar-refractivity contribution in [3.05, 3.63) is 72.3 Å². The van der Waals surface area contributed by atoms with Gasteiger partial charge in [-0.15, -0.1) is 0 Å². The van der Waals surface area contributed by atoms with E-state index < -0.39 is 0 Å². The second-order valence-electron chi connectivity index (χ2n) is 5.31. The lowest BCUT2D eigenvalue weighted by atomic mass is 10.1. The largest absolute Gasteiger partial charge is 0.493 e. The van der Waals surface area contributed by atoms with E-state index in [1.807, 2.05) is 54.6 Å². The average Bonchev–Trinajstić information content (AvgIpc) is 2.61. The van der Waals surface area contributed by atoms with Crippen LogP contribution in [-0.2, 0) is 0 Å². The highest BCUT2D eigenvalue weighted by molar-refractivity contribution is 5.81. The molecule has 130 valence electrons. The Morgan fingerprint density at radius 1 is 1.00 bits per heavy atom. The van der Waals surface area contributed by atoms with Crippen molar-refractivity contribution in [3.8, 4) is 11.5 Å². The number of nitrogens with one attached hydrogen (secondary N) is 1. The van der Waals surface area contributed by atoms with Gasteiger partial charge in [-0.3, -0.25) is 0 Å². The molecule has 0 aliphatic carbocycles. The lowest BCUT2D eigenvalue weighted by Crippen LogP contribution is -2.00. The van der Waals surface area contributed by atoms with Crippen molar-refractivity contribution in [1.29, 1.82) is 5.41 Å². The summed E-state index contributed by atoms with van der Waals surface area (Å²) < 4.78 is 11.3. The third-order valence-electron chi connectivity index (χ3n) is 3.35. The molecule has 0 unspecified atom stereocenters. The van der Waals surface area contributed by atoms with Crippen LogP contribution < -0.4 is 20.9 Å². The van der Waals surface area contributed by atoms with E-state index in [0.717, 1.165) is 23.5 Å². The second-order valence-corrected chi connectivity index (χ2v) is 5.31. The first-order valence-electron chi connectivity index (χ1n) is 8.02. The molecule has 5 heteroatoms. The predicted molar refractivity (Wildman–Crippen MR) is 103 cm³/mol. The first kappa shape index (κ1) is 18.1. The molecular formula is C20H23N3O2. The molecule has 0 saturated carbocycles. The average molecular weight is 337 g/mol. The Morgan fingerprint density at radius 3 is 2.52 bits per heavy atom. The van der Waals surface area contributed by atoms with Gasteiger partial charge in [0, 0.05) is 29.2 Å². The number of allylic oxidation sites excluding steroid dienone is 1. The van der Waals surface area contributed by atoms with Gasteiger partial charge >= 0.3 is 0 Å². The summed E-state index contributed by atoms with van der Waals surface area (Å²) in [5.41, 5.74) is 13.6. The molecule has 2 rings (SSSR count). The minimum absolute atomic E-state index is 0.490. The second kappa shape index (κ2) is 9.82. The highest BCUT2D eigenvalue weighted by atomic mass is 16.5. The summed E-state index contributed by atoms with van der Waals surface area (Å²) in [6.07, 6.45) is 7.45. The Balaban J connectivity index is 1.71. The molecule has 0 aliphatic heterocycles. The Kier molecular flexibility index (Phi) is 7.13. The first-order chi connectivity index (χ1) is 12.2. The molecule has 0 spiro atoms. The van der Waals surface area contributed by atoms with Crippen LogP contribution >= 0.6 is 0 Å². The molecule has 0 atom stereocenters. The first-order valence-corrected chi connectivity index (χ1v) is 8.02. The maximum atomic E-state index is 7.06. The fourth-order valence-electron chi connectivity index (χ4n) is 2.13. The molecule has 2 aromatic rings. The molecule has 0 aromatic heterocycles. The fraction of sp³-hybridized carbons (Fsp3) is 0.150. The van der Waals surface area contributed by atoms with Gasteiger partial charge in [-0.1, -0.05) is 30.4 Å². The van der Waals surface area contributed by atoms with Gasteiger partial charge in [0.1, 0.15) is 18.1 Å². The maximum absolute atomic E-state index is 7.06. The molecular weight excluding hydrogens is 314 g/mol. The van der Waals surface area contributed by atoms with Crippen LogP contribution in [0.2, 0.25) is 0 Å². The van der Waals surface area contributed by atoms with Gasteiger partial charge in [-0.05, 0) is 36.8 Å². The zero-order valence-electron chi connectivity index (χ0n) is 14.0. The van der Waals surface area contributed by atoms with Crippen molar-refractivity contribution in [1.82, 2.24) is 0 Å². The third kappa shape index (κ3) is 6.43. The van der Waals surface area contributed by atoms with Crippen LogP contribution in [0.25, 0.3) is 5.70 Å². The summed E-state index contributed by atoms with van der Waals surface area (Å²) in [5, 5.41) is 7.06. The molecule has 25 heavy (non-hydrogen) atoms. The summed E-state index contributed by atoms with van der Waals surface area (Å²) in [4.78, 5) is 0. The lowest BCUT2D eigenvalue weighted by Gasteiger charge is -2.07. The van der Waals surface area contributed by atoms with Gasteiger partial charge < -0.3 is 26.4 Å². The number of hydrogen-bond donors (Lipinski definition) is 3. The van der Waals surface area contributed by atoms with Crippen LogP contribution in [0.5, 0.6) is 11.5 Å². The van der Waals surface area contributed by atoms with E-state index in [1.54, 1.807) is 12.1 Å².